The van der Waals surface area contributed by atoms with Crippen LogP contribution in [0, 0.1) is 18.6 Å². The molecule has 1 fully saturated rings. The maximum atomic E-state index is 14.0. The molecule has 0 aromatic heterocycles. The van der Waals surface area contributed by atoms with Crippen LogP contribution in [0.15, 0.2) is 36.4 Å². The Bertz CT molecular complexity index is 673. The molecule has 0 saturated heterocycles. The topological polar surface area (TPSA) is 0 Å². The molecule has 0 spiro atoms. The van der Waals surface area contributed by atoms with Gasteiger partial charge >= 0.3 is 0 Å². The van der Waals surface area contributed by atoms with Crippen molar-refractivity contribution in [3.05, 3.63) is 70.3 Å². The Morgan fingerprint density at radius 2 is 1.67 bits per heavy atom. The molecular weight excluding hydrogens is 266 g/mol. The summed E-state index contributed by atoms with van der Waals surface area (Å²) in [5.74, 6) is 0.444. The molecule has 0 N–H and O–H groups in total. The van der Waals surface area contributed by atoms with Gasteiger partial charge in [-0.25, -0.2) is 8.78 Å². The quantitative estimate of drug-likeness (QED) is 0.682. The van der Waals surface area contributed by atoms with Crippen molar-refractivity contribution in [3.63, 3.8) is 0 Å². The van der Waals surface area contributed by atoms with Gasteiger partial charge in [0.1, 0.15) is 11.6 Å². The summed E-state index contributed by atoms with van der Waals surface area (Å²) >= 11 is 0. The third-order valence-corrected chi connectivity index (χ3v) is 4.41. The summed E-state index contributed by atoms with van der Waals surface area (Å²) in [6.07, 6.45) is 0.948. The van der Waals surface area contributed by atoms with E-state index in [1.54, 1.807) is 18.2 Å². The summed E-state index contributed by atoms with van der Waals surface area (Å²) in [7, 11) is 0. The van der Waals surface area contributed by atoms with E-state index in [1.807, 2.05) is 39.0 Å². The van der Waals surface area contributed by atoms with Crippen molar-refractivity contribution in [2.24, 2.45) is 0 Å². The highest BCUT2D eigenvalue weighted by Crippen LogP contribution is 2.55. The van der Waals surface area contributed by atoms with Gasteiger partial charge < -0.3 is 0 Å². The minimum absolute atomic E-state index is 0.126. The summed E-state index contributed by atoms with van der Waals surface area (Å²) in [4.78, 5) is 0. The largest absolute Gasteiger partial charge is 0.207 e. The zero-order valence-electron chi connectivity index (χ0n) is 12.7. The lowest BCUT2D eigenvalue weighted by molar-refractivity contribution is 0.596. The first kappa shape index (κ1) is 14.2. The minimum Gasteiger partial charge on any atom is -0.207 e. The molecule has 0 nitrogen and oxygen atoms in total. The third kappa shape index (κ3) is 2.72. The molecule has 21 heavy (non-hydrogen) atoms. The van der Waals surface area contributed by atoms with Crippen LogP contribution in [0.5, 0.6) is 0 Å². The monoisotopic (exact) mass is 286 g/mol. The minimum atomic E-state index is -0.146. The molecule has 1 aliphatic carbocycles. The molecule has 110 valence electrons. The fourth-order valence-electron chi connectivity index (χ4n) is 3.09. The second-order valence-corrected chi connectivity index (χ2v) is 6.41. The molecule has 2 heteroatoms. The molecule has 0 bridgehead atoms. The molecule has 2 aromatic rings. The summed E-state index contributed by atoms with van der Waals surface area (Å²) in [5.41, 5.74) is 3.77. The van der Waals surface area contributed by atoms with Crippen LogP contribution in [0.1, 0.15) is 60.3 Å². The van der Waals surface area contributed by atoms with E-state index in [9.17, 15) is 8.78 Å². The maximum Gasteiger partial charge on any atom is 0.126 e. The Kier molecular flexibility index (Phi) is 3.56. The average molecular weight is 286 g/mol. The van der Waals surface area contributed by atoms with Crippen LogP contribution in [0.2, 0.25) is 0 Å². The van der Waals surface area contributed by atoms with E-state index in [0.29, 0.717) is 5.92 Å². The van der Waals surface area contributed by atoms with Crippen molar-refractivity contribution in [1.82, 2.24) is 0 Å². The zero-order valence-corrected chi connectivity index (χ0v) is 12.7. The molecule has 1 saturated carbocycles. The van der Waals surface area contributed by atoms with Crippen LogP contribution in [0.4, 0.5) is 8.78 Å². The first-order chi connectivity index (χ1) is 9.97. The molecule has 0 amide bonds. The fraction of sp³-hybridized carbons (Fsp3) is 0.368. The van der Waals surface area contributed by atoms with Gasteiger partial charge in [-0.2, -0.15) is 0 Å². The molecule has 0 aliphatic heterocycles. The van der Waals surface area contributed by atoms with Gasteiger partial charge in [0.05, 0.1) is 0 Å². The first-order valence-corrected chi connectivity index (χ1v) is 7.52. The Morgan fingerprint density at radius 3 is 2.38 bits per heavy atom. The molecule has 1 aliphatic rings. The number of hydrogen-bond donors (Lipinski definition) is 0. The lowest BCUT2D eigenvalue weighted by Gasteiger charge is -2.10. The van der Waals surface area contributed by atoms with E-state index in [4.69, 9.17) is 0 Å². The Labute approximate surface area is 124 Å². The SMILES string of the molecule is Cc1ccc(F)c(C2CC2c2ccc(F)c(C(C)C)c2)c1. The highest BCUT2D eigenvalue weighted by Gasteiger charge is 2.41. The predicted octanol–water partition coefficient (Wildman–Crippen LogP) is 5.67. The van der Waals surface area contributed by atoms with Gasteiger partial charge in [-0.15, -0.1) is 0 Å². The van der Waals surface area contributed by atoms with Crippen LogP contribution in [0.25, 0.3) is 0 Å². The average Bonchev–Trinajstić information content (AvgIpc) is 3.22. The van der Waals surface area contributed by atoms with E-state index < -0.39 is 0 Å². The predicted molar refractivity (Wildman–Crippen MR) is 81.7 cm³/mol. The van der Waals surface area contributed by atoms with Crippen molar-refractivity contribution < 1.29 is 8.78 Å². The molecule has 3 rings (SSSR count). The van der Waals surface area contributed by atoms with Crippen LogP contribution in [-0.2, 0) is 0 Å². The van der Waals surface area contributed by atoms with Gasteiger partial charge in [-0.3, -0.25) is 0 Å². The summed E-state index contributed by atoms with van der Waals surface area (Å²) in [5, 5.41) is 0. The fourth-order valence-corrected chi connectivity index (χ4v) is 3.09. The normalized spacial score (nSPS) is 20.9. The first-order valence-electron chi connectivity index (χ1n) is 7.52. The number of halogens is 2. The standard InChI is InChI=1S/C19H20F2/c1-11(2)14-9-13(5-7-18(14)20)15-10-16(15)17-8-12(3)4-6-19(17)21/h4-9,11,15-16H,10H2,1-3H3. The van der Waals surface area contributed by atoms with Gasteiger partial charge in [0.2, 0.25) is 0 Å². The zero-order chi connectivity index (χ0) is 15.1. The number of rotatable bonds is 3. The van der Waals surface area contributed by atoms with E-state index in [1.165, 1.54) is 0 Å². The summed E-state index contributed by atoms with van der Waals surface area (Å²) < 4.78 is 27.7. The van der Waals surface area contributed by atoms with E-state index in [2.05, 4.69) is 0 Å². The molecule has 2 atom stereocenters. The van der Waals surface area contributed by atoms with E-state index in [-0.39, 0.29) is 23.5 Å². The second kappa shape index (κ2) is 5.25. The Hall–Kier alpha value is -1.70. The summed E-state index contributed by atoms with van der Waals surface area (Å²) in [6.45, 7) is 5.97. The van der Waals surface area contributed by atoms with E-state index >= 15 is 0 Å². The van der Waals surface area contributed by atoms with Gasteiger partial charge in [-0.05, 0) is 59.9 Å². The highest BCUT2D eigenvalue weighted by molar-refractivity contribution is 5.40. The van der Waals surface area contributed by atoms with Crippen LogP contribution < -0.4 is 0 Å². The highest BCUT2D eigenvalue weighted by atomic mass is 19.1. The van der Waals surface area contributed by atoms with Crippen molar-refractivity contribution in [1.29, 1.82) is 0 Å². The van der Waals surface area contributed by atoms with Gasteiger partial charge in [0, 0.05) is 0 Å². The molecule has 0 radical (unpaired) electrons. The lowest BCUT2D eigenvalue weighted by atomic mass is 9.96. The smallest absolute Gasteiger partial charge is 0.126 e. The third-order valence-electron chi connectivity index (χ3n) is 4.41. The summed E-state index contributed by atoms with van der Waals surface area (Å²) in [6, 6.07) is 10.6. The lowest BCUT2D eigenvalue weighted by Crippen LogP contribution is -1.96. The van der Waals surface area contributed by atoms with Crippen molar-refractivity contribution >= 4 is 0 Å². The molecule has 0 heterocycles. The van der Waals surface area contributed by atoms with Gasteiger partial charge in [0.15, 0.2) is 0 Å². The Morgan fingerprint density at radius 1 is 0.952 bits per heavy atom. The Balaban J connectivity index is 1.88. The number of hydrogen-bond acceptors (Lipinski definition) is 0. The van der Waals surface area contributed by atoms with Crippen molar-refractivity contribution in [2.75, 3.05) is 0 Å². The molecular formula is C19H20F2. The van der Waals surface area contributed by atoms with Gasteiger partial charge in [0.25, 0.3) is 0 Å². The molecule has 2 unspecified atom stereocenters. The second-order valence-electron chi connectivity index (χ2n) is 6.41. The number of aryl methyl sites for hydroxylation is 1. The van der Waals surface area contributed by atoms with Crippen LogP contribution in [-0.4, -0.2) is 0 Å². The van der Waals surface area contributed by atoms with Gasteiger partial charge in [-0.1, -0.05) is 43.7 Å². The van der Waals surface area contributed by atoms with Crippen molar-refractivity contribution in [2.45, 2.75) is 44.9 Å². The van der Waals surface area contributed by atoms with Crippen LogP contribution in [0.3, 0.4) is 0 Å². The van der Waals surface area contributed by atoms with E-state index in [0.717, 1.165) is 28.7 Å². The maximum absolute atomic E-state index is 14.0. The van der Waals surface area contributed by atoms with Crippen LogP contribution >= 0.6 is 0 Å². The molecule has 2 aromatic carbocycles. The van der Waals surface area contributed by atoms with Crippen molar-refractivity contribution in [3.8, 4) is 0 Å². The number of benzene rings is 2.